The van der Waals surface area contributed by atoms with Crippen LogP contribution < -0.4 is 10.6 Å². The summed E-state index contributed by atoms with van der Waals surface area (Å²) < 4.78 is 0. The van der Waals surface area contributed by atoms with Gasteiger partial charge in [0, 0.05) is 13.0 Å². The number of rotatable bonds is 8. The van der Waals surface area contributed by atoms with Gasteiger partial charge < -0.3 is 15.5 Å². The zero-order valence-corrected chi connectivity index (χ0v) is 9.60. The SMILES string of the molecule is CNCCCC(=O)NCCCN(C)C. The smallest absolute Gasteiger partial charge is 0.220 e. The summed E-state index contributed by atoms with van der Waals surface area (Å²) in [6.07, 6.45) is 2.56. The number of nitrogens with one attached hydrogen (secondary N) is 2. The van der Waals surface area contributed by atoms with Crippen molar-refractivity contribution in [3.63, 3.8) is 0 Å². The second kappa shape index (κ2) is 8.97. The van der Waals surface area contributed by atoms with E-state index in [1.165, 1.54) is 0 Å². The van der Waals surface area contributed by atoms with Crippen LogP contribution >= 0.6 is 0 Å². The predicted octanol–water partition coefficient (Wildman–Crippen LogP) is 0.0539. The quantitative estimate of drug-likeness (QED) is 0.546. The van der Waals surface area contributed by atoms with Gasteiger partial charge >= 0.3 is 0 Å². The zero-order valence-electron chi connectivity index (χ0n) is 9.60. The molecule has 0 spiro atoms. The van der Waals surface area contributed by atoms with Crippen LogP contribution in [0.5, 0.6) is 0 Å². The van der Waals surface area contributed by atoms with Gasteiger partial charge in [0.15, 0.2) is 0 Å². The summed E-state index contributed by atoms with van der Waals surface area (Å²) >= 11 is 0. The summed E-state index contributed by atoms with van der Waals surface area (Å²) in [5.41, 5.74) is 0. The van der Waals surface area contributed by atoms with Gasteiger partial charge in [0.1, 0.15) is 0 Å². The van der Waals surface area contributed by atoms with Gasteiger partial charge in [-0.2, -0.15) is 0 Å². The lowest BCUT2D eigenvalue weighted by Gasteiger charge is -2.09. The Labute approximate surface area is 87.0 Å². The molecule has 0 heterocycles. The van der Waals surface area contributed by atoms with E-state index < -0.39 is 0 Å². The highest BCUT2D eigenvalue weighted by atomic mass is 16.1. The van der Waals surface area contributed by atoms with Crippen molar-refractivity contribution in [1.82, 2.24) is 15.5 Å². The van der Waals surface area contributed by atoms with Crippen LogP contribution in [0.3, 0.4) is 0 Å². The molecule has 0 radical (unpaired) electrons. The van der Waals surface area contributed by atoms with E-state index in [0.29, 0.717) is 6.42 Å². The number of nitrogens with zero attached hydrogens (tertiary/aromatic N) is 1. The summed E-state index contributed by atoms with van der Waals surface area (Å²) in [7, 11) is 5.97. The monoisotopic (exact) mass is 201 g/mol. The van der Waals surface area contributed by atoms with Gasteiger partial charge in [0.2, 0.25) is 5.91 Å². The Morgan fingerprint density at radius 3 is 2.50 bits per heavy atom. The van der Waals surface area contributed by atoms with E-state index in [1.807, 2.05) is 21.1 Å². The van der Waals surface area contributed by atoms with Crippen molar-refractivity contribution in [2.24, 2.45) is 0 Å². The Morgan fingerprint density at radius 1 is 1.21 bits per heavy atom. The number of amides is 1. The van der Waals surface area contributed by atoms with Crippen LogP contribution in [0.1, 0.15) is 19.3 Å². The standard InChI is InChI=1S/C10H23N3O/c1-11-7-4-6-10(14)12-8-5-9-13(2)3/h11H,4-9H2,1-3H3,(H,12,14). The molecule has 0 fully saturated rings. The summed E-state index contributed by atoms with van der Waals surface area (Å²) in [4.78, 5) is 13.3. The molecule has 0 aliphatic carbocycles. The molecule has 14 heavy (non-hydrogen) atoms. The lowest BCUT2D eigenvalue weighted by atomic mass is 10.3. The van der Waals surface area contributed by atoms with Crippen molar-refractivity contribution in [2.75, 3.05) is 40.8 Å². The zero-order chi connectivity index (χ0) is 10.8. The van der Waals surface area contributed by atoms with Gasteiger partial charge in [-0.05, 0) is 47.1 Å². The predicted molar refractivity (Wildman–Crippen MR) is 59.3 cm³/mol. The highest BCUT2D eigenvalue weighted by Crippen LogP contribution is 1.87. The molecular weight excluding hydrogens is 178 g/mol. The second-order valence-electron chi connectivity index (χ2n) is 3.71. The number of carbonyl (C=O) groups excluding carboxylic acids is 1. The summed E-state index contributed by atoms with van der Waals surface area (Å²) in [6, 6.07) is 0. The molecule has 4 nitrogen and oxygen atoms in total. The highest BCUT2D eigenvalue weighted by Gasteiger charge is 1.99. The Balaban J connectivity index is 3.18. The lowest BCUT2D eigenvalue weighted by Crippen LogP contribution is -2.27. The lowest BCUT2D eigenvalue weighted by molar-refractivity contribution is -0.121. The normalized spacial score (nSPS) is 10.6. The van der Waals surface area contributed by atoms with Gasteiger partial charge in [-0.3, -0.25) is 4.79 Å². The summed E-state index contributed by atoms with van der Waals surface area (Å²) in [6.45, 7) is 2.72. The van der Waals surface area contributed by atoms with Crippen molar-refractivity contribution in [2.45, 2.75) is 19.3 Å². The first-order valence-electron chi connectivity index (χ1n) is 5.23. The van der Waals surface area contributed by atoms with Gasteiger partial charge in [-0.1, -0.05) is 0 Å². The molecule has 0 atom stereocenters. The van der Waals surface area contributed by atoms with E-state index in [0.717, 1.165) is 32.5 Å². The van der Waals surface area contributed by atoms with E-state index in [-0.39, 0.29) is 5.91 Å². The fraction of sp³-hybridized carbons (Fsp3) is 0.900. The van der Waals surface area contributed by atoms with Gasteiger partial charge in [-0.15, -0.1) is 0 Å². The molecule has 0 rings (SSSR count). The molecule has 0 aromatic rings. The third-order valence-corrected chi connectivity index (χ3v) is 1.93. The molecule has 0 aliphatic heterocycles. The molecule has 84 valence electrons. The molecule has 2 N–H and O–H groups in total. The minimum absolute atomic E-state index is 0.166. The van der Waals surface area contributed by atoms with E-state index in [1.54, 1.807) is 0 Å². The average Bonchev–Trinajstić information content (AvgIpc) is 2.13. The second-order valence-corrected chi connectivity index (χ2v) is 3.71. The minimum Gasteiger partial charge on any atom is -0.356 e. The van der Waals surface area contributed by atoms with Crippen LogP contribution in [0.2, 0.25) is 0 Å². The van der Waals surface area contributed by atoms with Crippen molar-refractivity contribution in [1.29, 1.82) is 0 Å². The first kappa shape index (κ1) is 13.4. The molecule has 0 saturated carbocycles. The molecule has 0 aromatic heterocycles. The number of hydrogen-bond donors (Lipinski definition) is 2. The maximum Gasteiger partial charge on any atom is 0.220 e. The van der Waals surface area contributed by atoms with E-state index in [2.05, 4.69) is 15.5 Å². The average molecular weight is 201 g/mol. The molecule has 0 bridgehead atoms. The van der Waals surface area contributed by atoms with E-state index in [4.69, 9.17) is 0 Å². The largest absolute Gasteiger partial charge is 0.356 e. The fourth-order valence-electron chi connectivity index (χ4n) is 1.14. The van der Waals surface area contributed by atoms with Crippen LogP contribution in [0.15, 0.2) is 0 Å². The molecule has 0 saturated heterocycles. The van der Waals surface area contributed by atoms with Crippen LogP contribution in [-0.2, 0) is 4.79 Å². The minimum atomic E-state index is 0.166. The third kappa shape index (κ3) is 9.48. The maximum absolute atomic E-state index is 11.2. The van der Waals surface area contributed by atoms with E-state index >= 15 is 0 Å². The third-order valence-electron chi connectivity index (χ3n) is 1.93. The van der Waals surface area contributed by atoms with Crippen LogP contribution in [0.4, 0.5) is 0 Å². The highest BCUT2D eigenvalue weighted by molar-refractivity contribution is 5.75. The van der Waals surface area contributed by atoms with Crippen LogP contribution in [-0.4, -0.2) is 51.6 Å². The summed E-state index contributed by atoms with van der Waals surface area (Å²) in [5, 5.41) is 5.92. The van der Waals surface area contributed by atoms with Crippen molar-refractivity contribution in [3.8, 4) is 0 Å². The molecule has 0 unspecified atom stereocenters. The number of carbonyl (C=O) groups is 1. The van der Waals surface area contributed by atoms with Crippen molar-refractivity contribution >= 4 is 5.91 Å². The maximum atomic E-state index is 11.2. The molecular formula is C10H23N3O. The first-order valence-corrected chi connectivity index (χ1v) is 5.23. The van der Waals surface area contributed by atoms with Gasteiger partial charge in [0.05, 0.1) is 0 Å². The van der Waals surface area contributed by atoms with Gasteiger partial charge in [0.25, 0.3) is 0 Å². The number of hydrogen-bond acceptors (Lipinski definition) is 3. The van der Waals surface area contributed by atoms with Crippen molar-refractivity contribution < 1.29 is 4.79 Å². The molecule has 0 aromatic carbocycles. The van der Waals surface area contributed by atoms with Crippen LogP contribution in [0.25, 0.3) is 0 Å². The molecule has 0 aliphatic rings. The molecule has 1 amide bonds. The van der Waals surface area contributed by atoms with E-state index in [9.17, 15) is 4.79 Å². The topological polar surface area (TPSA) is 44.4 Å². The van der Waals surface area contributed by atoms with Crippen molar-refractivity contribution in [3.05, 3.63) is 0 Å². The first-order chi connectivity index (χ1) is 6.66. The Hall–Kier alpha value is -0.610. The Kier molecular flexibility index (Phi) is 8.57. The molecule has 4 heteroatoms. The summed E-state index contributed by atoms with van der Waals surface area (Å²) in [5.74, 6) is 0.166. The fourth-order valence-corrected chi connectivity index (χ4v) is 1.14. The van der Waals surface area contributed by atoms with Crippen LogP contribution in [0, 0.1) is 0 Å². The Morgan fingerprint density at radius 2 is 1.93 bits per heavy atom. The Bertz CT molecular complexity index is 148. The van der Waals surface area contributed by atoms with Gasteiger partial charge in [-0.25, -0.2) is 0 Å².